The third-order valence-electron chi connectivity index (χ3n) is 7.11. The molecular weight excluding hydrogens is 374 g/mol. The van der Waals surface area contributed by atoms with Gasteiger partial charge in [-0.15, -0.1) is 11.8 Å². The largest absolute Gasteiger partial charge is 0.454 e. The van der Waals surface area contributed by atoms with Crippen LogP contribution in [0.5, 0.6) is 0 Å². The molecule has 1 aromatic carbocycles. The number of ketones is 1. The van der Waals surface area contributed by atoms with Crippen LogP contribution >= 0.6 is 11.8 Å². The smallest absolute Gasteiger partial charge is 0.338 e. The Labute approximate surface area is 169 Å². The summed E-state index contributed by atoms with van der Waals surface area (Å²) in [5.41, 5.74) is 0.758. The number of carbonyl (C=O) groups excluding carboxylic acids is 3. The van der Waals surface area contributed by atoms with Crippen LogP contribution in [0.4, 0.5) is 5.69 Å². The Hall–Kier alpha value is -1.82. The predicted octanol–water partition coefficient (Wildman–Crippen LogP) is 4.06. The fraction of sp³-hybridized carbons (Fsp3) is 0.591. The fourth-order valence-electron chi connectivity index (χ4n) is 6.16. The summed E-state index contributed by atoms with van der Waals surface area (Å²) in [4.78, 5) is 38.3. The molecule has 4 bridgehead atoms. The summed E-state index contributed by atoms with van der Waals surface area (Å²) in [6.45, 7) is 1.71. The van der Waals surface area contributed by atoms with E-state index in [1.165, 1.54) is 31.0 Å². The van der Waals surface area contributed by atoms with Gasteiger partial charge in [-0.05, 0) is 81.4 Å². The lowest BCUT2D eigenvalue weighted by Gasteiger charge is -2.55. The van der Waals surface area contributed by atoms with Crippen molar-refractivity contribution >= 4 is 35.1 Å². The molecule has 6 heteroatoms. The molecule has 1 N–H and O–H groups in total. The Morgan fingerprint density at radius 3 is 2.43 bits per heavy atom. The van der Waals surface area contributed by atoms with Crippen molar-refractivity contribution in [3.8, 4) is 0 Å². The second-order valence-electron chi connectivity index (χ2n) is 9.16. The maximum absolute atomic E-state index is 13.0. The monoisotopic (exact) mass is 399 g/mol. The molecule has 0 aromatic heterocycles. The third-order valence-corrected chi connectivity index (χ3v) is 8.29. The number of hydrogen-bond donors (Lipinski definition) is 1. The van der Waals surface area contributed by atoms with Gasteiger partial charge in [0.25, 0.3) is 0 Å². The first-order valence-corrected chi connectivity index (χ1v) is 11.1. The number of hydrogen-bond acceptors (Lipinski definition) is 5. The molecule has 0 radical (unpaired) electrons. The maximum atomic E-state index is 13.0. The van der Waals surface area contributed by atoms with E-state index >= 15 is 0 Å². The normalized spacial score (nSPS) is 35.2. The molecular formula is C22H25NO4S. The maximum Gasteiger partial charge on any atom is 0.338 e. The van der Waals surface area contributed by atoms with E-state index in [0.29, 0.717) is 29.0 Å². The number of rotatable bonds is 4. The lowest BCUT2D eigenvalue weighted by Crippen LogP contribution is -2.51. The second kappa shape index (κ2) is 6.61. The highest BCUT2D eigenvalue weighted by molar-refractivity contribution is 8.00. The van der Waals surface area contributed by atoms with Crippen LogP contribution in [0.25, 0.3) is 0 Å². The van der Waals surface area contributed by atoms with Crippen molar-refractivity contribution in [3.05, 3.63) is 23.8 Å². The van der Waals surface area contributed by atoms with Crippen molar-refractivity contribution in [1.29, 1.82) is 0 Å². The zero-order valence-corrected chi connectivity index (χ0v) is 16.8. The SMILES string of the molecule is CC1Sc2ccc(C(=O)OCC(=O)C34CC5CC(CC(C5)C3)C4)cc2NC1=O. The van der Waals surface area contributed by atoms with Crippen LogP contribution in [0, 0.1) is 23.2 Å². The van der Waals surface area contributed by atoms with Gasteiger partial charge >= 0.3 is 5.97 Å². The molecule has 5 nitrogen and oxygen atoms in total. The zero-order valence-electron chi connectivity index (χ0n) is 16.0. The van der Waals surface area contributed by atoms with Crippen LogP contribution in [-0.4, -0.2) is 29.5 Å². The second-order valence-corrected chi connectivity index (χ2v) is 10.5. The average Bonchev–Trinajstić information content (AvgIpc) is 2.65. The summed E-state index contributed by atoms with van der Waals surface area (Å²) < 4.78 is 5.41. The summed E-state index contributed by atoms with van der Waals surface area (Å²) >= 11 is 1.47. The van der Waals surface area contributed by atoms with E-state index in [2.05, 4.69) is 5.32 Å². The van der Waals surface area contributed by atoms with Crippen molar-refractivity contribution < 1.29 is 19.1 Å². The molecule has 4 aliphatic carbocycles. The number of carbonyl (C=O) groups is 3. The number of ether oxygens (including phenoxy) is 1. The van der Waals surface area contributed by atoms with Crippen LogP contribution in [0.1, 0.15) is 55.8 Å². The minimum Gasteiger partial charge on any atom is -0.454 e. The zero-order chi connectivity index (χ0) is 19.5. The third kappa shape index (κ3) is 3.06. The molecule has 28 heavy (non-hydrogen) atoms. The highest BCUT2D eigenvalue weighted by atomic mass is 32.2. The number of anilines is 1. The van der Waals surface area contributed by atoms with E-state index in [4.69, 9.17) is 4.74 Å². The number of thioether (sulfide) groups is 1. The van der Waals surface area contributed by atoms with E-state index in [0.717, 1.165) is 24.2 Å². The molecule has 1 heterocycles. The van der Waals surface area contributed by atoms with E-state index < -0.39 is 5.97 Å². The molecule has 1 unspecified atom stereocenters. The standard InChI is InChI=1S/C22H25NO4S/c1-12-20(25)23-17-7-16(2-3-18(17)28-12)21(26)27-11-19(24)22-8-13-4-14(9-22)6-15(5-13)10-22/h2-3,7,12-15H,4-6,8-11H2,1H3,(H,23,25). The van der Waals surface area contributed by atoms with Gasteiger partial charge in [-0.2, -0.15) is 0 Å². The number of benzene rings is 1. The highest BCUT2D eigenvalue weighted by Crippen LogP contribution is 2.60. The summed E-state index contributed by atoms with van der Waals surface area (Å²) in [5.74, 6) is 1.61. The highest BCUT2D eigenvalue weighted by Gasteiger charge is 2.54. The first kappa shape index (κ1) is 18.2. The first-order valence-electron chi connectivity index (χ1n) is 10.2. The topological polar surface area (TPSA) is 72.5 Å². The van der Waals surface area contributed by atoms with Crippen LogP contribution in [-0.2, 0) is 14.3 Å². The fourth-order valence-corrected chi connectivity index (χ4v) is 7.09. The summed E-state index contributed by atoms with van der Waals surface area (Å²) in [6, 6.07) is 5.17. The molecule has 4 fully saturated rings. The number of nitrogens with one attached hydrogen (secondary N) is 1. The quantitative estimate of drug-likeness (QED) is 0.773. The molecule has 6 rings (SSSR count). The molecule has 148 valence electrons. The molecule has 1 aromatic rings. The van der Waals surface area contributed by atoms with Crippen molar-refractivity contribution in [2.45, 2.75) is 55.6 Å². The molecule has 1 amide bonds. The van der Waals surface area contributed by atoms with E-state index in [9.17, 15) is 14.4 Å². The summed E-state index contributed by atoms with van der Waals surface area (Å²) in [5, 5.41) is 2.67. The van der Waals surface area contributed by atoms with Crippen LogP contribution < -0.4 is 5.32 Å². The summed E-state index contributed by atoms with van der Waals surface area (Å²) in [6.07, 6.45) is 6.79. The van der Waals surface area contributed by atoms with Gasteiger partial charge in [0, 0.05) is 10.3 Å². The lowest BCUT2D eigenvalue weighted by atomic mass is 9.48. The number of esters is 1. The Morgan fingerprint density at radius 2 is 1.79 bits per heavy atom. The van der Waals surface area contributed by atoms with Crippen LogP contribution in [0.3, 0.4) is 0 Å². The van der Waals surface area contributed by atoms with E-state index in [1.54, 1.807) is 12.1 Å². The summed E-state index contributed by atoms with van der Waals surface area (Å²) in [7, 11) is 0. The van der Waals surface area contributed by atoms with E-state index in [1.807, 2.05) is 13.0 Å². The molecule has 1 aliphatic heterocycles. The molecule has 4 saturated carbocycles. The Balaban J connectivity index is 1.25. The van der Waals surface area contributed by atoms with Gasteiger partial charge in [0.15, 0.2) is 12.4 Å². The molecule has 0 saturated heterocycles. The number of Topliss-reactive ketones (excluding diaryl/α,β-unsaturated/α-hetero) is 1. The Morgan fingerprint density at radius 1 is 1.14 bits per heavy atom. The van der Waals surface area contributed by atoms with Gasteiger partial charge in [0.2, 0.25) is 5.91 Å². The van der Waals surface area contributed by atoms with Gasteiger partial charge in [-0.1, -0.05) is 0 Å². The van der Waals surface area contributed by atoms with Crippen molar-refractivity contribution in [2.24, 2.45) is 23.2 Å². The van der Waals surface area contributed by atoms with Crippen molar-refractivity contribution in [2.75, 3.05) is 11.9 Å². The van der Waals surface area contributed by atoms with Gasteiger partial charge in [-0.25, -0.2) is 4.79 Å². The number of amides is 1. The Bertz CT molecular complexity index is 829. The molecule has 1 atom stereocenters. The average molecular weight is 400 g/mol. The first-order chi connectivity index (χ1) is 13.4. The van der Waals surface area contributed by atoms with E-state index in [-0.39, 0.29) is 29.0 Å². The van der Waals surface area contributed by atoms with Gasteiger partial charge < -0.3 is 10.1 Å². The van der Waals surface area contributed by atoms with Crippen LogP contribution in [0.2, 0.25) is 0 Å². The minimum atomic E-state index is -0.501. The van der Waals surface area contributed by atoms with Crippen LogP contribution in [0.15, 0.2) is 23.1 Å². The lowest BCUT2D eigenvalue weighted by molar-refractivity contribution is -0.147. The Kier molecular flexibility index (Phi) is 4.30. The minimum absolute atomic E-state index is 0.0694. The van der Waals surface area contributed by atoms with Crippen molar-refractivity contribution in [3.63, 3.8) is 0 Å². The predicted molar refractivity (Wildman–Crippen MR) is 106 cm³/mol. The van der Waals surface area contributed by atoms with Crippen molar-refractivity contribution in [1.82, 2.24) is 0 Å². The van der Waals surface area contributed by atoms with Gasteiger partial charge in [0.05, 0.1) is 16.5 Å². The molecule has 5 aliphatic rings. The van der Waals surface area contributed by atoms with Gasteiger partial charge in [-0.3, -0.25) is 9.59 Å². The molecule has 0 spiro atoms. The number of fused-ring (bicyclic) bond motifs is 1. The van der Waals surface area contributed by atoms with Gasteiger partial charge in [0.1, 0.15) is 0 Å².